The van der Waals surface area contributed by atoms with Gasteiger partial charge >= 0.3 is 0 Å². The molecule has 0 radical (unpaired) electrons. The molecule has 1 amide bonds. The van der Waals surface area contributed by atoms with Crippen molar-refractivity contribution in [3.8, 4) is 0 Å². The molecule has 1 fully saturated rings. The first-order valence-electron chi connectivity index (χ1n) is 6.30. The number of nitrogens with zero attached hydrogens (tertiary/aromatic N) is 1. The van der Waals surface area contributed by atoms with E-state index in [0.717, 1.165) is 6.26 Å². The van der Waals surface area contributed by atoms with Crippen molar-refractivity contribution < 1.29 is 27.2 Å². The molecule has 0 aromatic carbocycles. The van der Waals surface area contributed by atoms with Gasteiger partial charge in [-0.05, 0) is 12.1 Å². The number of morpholine rings is 1. The Balaban J connectivity index is 1.85. The third-order valence-electron chi connectivity index (χ3n) is 3.01. The molecule has 2 rings (SSSR count). The van der Waals surface area contributed by atoms with E-state index >= 15 is 0 Å². The van der Waals surface area contributed by atoms with Crippen LogP contribution in [0, 0.1) is 0 Å². The number of ether oxygens (including phenoxy) is 1. The molecule has 9 heteroatoms. The van der Waals surface area contributed by atoms with Crippen LogP contribution in [-0.2, 0) is 19.6 Å². The number of amides is 1. The number of sulfonamides is 1. The van der Waals surface area contributed by atoms with Gasteiger partial charge in [-0.3, -0.25) is 9.59 Å². The molecule has 0 saturated carbocycles. The minimum atomic E-state index is -3.29. The Labute approximate surface area is 122 Å². The number of nitrogens with one attached hydrogen (secondary N) is 1. The van der Waals surface area contributed by atoms with Gasteiger partial charge < -0.3 is 14.5 Å². The molecule has 1 aliphatic heterocycles. The maximum atomic E-state index is 11.7. The molecule has 1 unspecified atom stereocenters. The molecule has 0 spiro atoms. The van der Waals surface area contributed by atoms with Crippen LogP contribution in [-0.4, -0.2) is 63.0 Å². The van der Waals surface area contributed by atoms with E-state index in [2.05, 4.69) is 5.32 Å². The van der Waals surface area contributed by atoms with Crippen molar-refractivity contribution in [3.05, 3.63) is 24.2 Å². The van der Waals surface area contributed by atoms with Gasteiger partial charge in [0.05, 0.1) is 25.2 Å². The Morgan fingerprint density at radius 2 is 2.24 bits per heavy atom. The molecular weight excluding hydrogens is 300 g/mol. The summed E-state index contributed by atoms with van der Waals surface area (Å²) in [6.45, 7) is 0.736. The first-order valence-corrected chi connectivity index (χ1v) is 8.15. The number of rotatable bonds is 5. The summed E-state index contributed by atoms with van der Waals surface area (Å²) in [4.78, 5) is 23.3. The maximum absolute atomic E-state index is 11.7. The van der Waals surface area contributed by atoms with Crippen molar-refractivity contribution >= 4 is 21.7 Å². The molecule has 1 atom stereocenters. The van der Waals surface area contributed by atoms with Crippen molar-refractivity contribution in [2.45, 2.75) is 6.10 Å². The predicted molar refractivity (Wildman–Crippen MR) is 72.2 cm³/mol. The van der Waals surface area contributed by atoms with E-state index in [0.29, 0.717) is 0 Å². The highest BCUT2D eigenvalue weighted by Gasteiger charge is 2.27. The zero-order valence-corrected chi connectivity index (χ0v) is 12.3. The van der Waals surface area contributed by atoms with Gasteiger partial charge in [0.2, 0.25) is 10.0 Å². The van der Waals surface area contributed by atoms with Crippen LogP contribution in [0.3, 0.4) is 0 Å². The smallest absolute Gasteiger partial charge is 0.295 e. The zero-order valence-electron chi connectivity index (χ0n) is 11.4. The highest BCUT2D eigenvalue weighted by Crippen LogP contribution is 2.08. The second kappa shape index (κ2) is 6.37. The third kappa shape index (κ3) is 4.13. The van der Waals surface area contributed by atoms with Crippen molar-refractivity contribution in [1.82, 2.24) is 9.62 Å². The normalized spacial score (nSPS) is 20.1. The number of carbonyl (C=O) groups is 2. The summed E-state index contributed by atoms with van der Waals surface area (Å²) in [5.41, 5.74) is 0. The second-order valence-electron chi connectivity index (χ2n) is 4.63. The van der Waals surface area contributed by atoms with E-state index in [1.165, 1.54) is 22.7 Å². The SMILES string of the molecule is CS(=O)(=O)N1CCOC(CNC(=O)C(=O)c2ccco2)C1. The van der Waals surface area contributed by atoms with Crippen LogP contribution in [0.25, 0.3) is 0 Å². The average molecular weight is 316 g/mol. The lowest BCUT2D eigenvalue weighted by molar-refractivity contribution is -0.118. The van der Waals surface area contributed by atoms with Gasteiger partial charge in [-0.1, -0.05) is 0 Å². The molecule has 1 aromatic heterocycles. The van der Waals surface area contributed by atoms with Crippen LogP contribution in [0.4, 0.5) is 0 Å². The summed E-state index contributed by atoms with van der Waals surface area (Å²) in [6, 6.07) is 2.90. The fourth-order valence-electron chi connectivity index (χ4n) is 1.92. The first kappa shape index (κ1) is 15.7. The van der Waals surface area contributed by atoms with Crippen LogP contribution in [0.2, 0.25) is 0 Å². The van der Waals surface area contributed by atoms with Crippen molar-refractivity contribution in [3.63, 3.8) is 0 Å². The van der Waals surface area contributed by atoms with Gasteiger partial charge in [0.1, 0.15) is 0 Å². The Morgan fingerprint density at radius 3 is 2.86 bits per heavy atom. The molecule has 1 aromatic rings. The molecule has 1 saturated heterocycles. The van der Waals surface area contributed by atoms with Crippen molar-refractivity contribution in [1.29, 1.82) is 0 Å². The summed E-state index contributed by atoms with van der Waals surface area (Å²) < 4.78 is 34.4. The topological polar surface area (TPSA) is 106 Å². The predicted octanol–water partition coefficient (Wildman–Crippen LogP) is -0.761. The van der Waals surface area contributed by atoms with E-state index in [9.17, 15) is 18.0 Å². The molecule has 21 heavy (non-hydrogen) atoms. The van der Waals surface area contributed by atoms with Crippen LogP contribution < -0.4 is 5.32 Å². The minimum Gasteiger partial charge on any atom is -0.461 e. The lowest BCUT2D eigenvalue weighted by Crippen LogP contribution is -2.49. The van der Waals surface area contributed by atoms with Crippen LogP contribution in [0.5, 0.6) is 0 Å². The van der Waals surface area contributed by atoms with E-state index in [1.807, 2.05) is 0 Å². The van der Waals surface area contributed by atoms with E-state index in [4.69, 9.17) is 9.15 Å². The highest BCUT2D eigenvalue weighted by molar-refractivity contribution is 7.88. The average Bonchev–Trinajstić information content (AvgIpc) is 2.97. The maximum Gasteiger partial charge on any atom is 0.295 e. The Kier molecular flexibility index (Phi) is 4.76. The molecule has 2 heterocycles. The summed E-state index contributed by atoms with van der Waals surface area (Å²) >= 11 is 0. The standard InChI is InChI=1S/C12H16N2O6S/c1-21(17,18)14-4-6-19-9(8-14)7-13-12(16)11(15)10-3-2-5-20-10/h2-3,5,9H,4,6-8H2,1H3,(H,13,16). The lowest BCUT2D eigenvalue weighted by atomic mass is 10.2. The summed E-state index contributed by atoms with van der Waals surface area (Å²) in [7, 11) is -3.29. The third-order valence-corrected chi connectivity index (χ3v) is 4.28. The van der Waals surface area contributed by atoms with Crippen LogP contribution >= 0.6 is 0 Å². The summed E-state index contributed by atoms with van der Waals surface area (Å²) in [5, 5.41) is 2.42. The Morgan fingerprint density at radius 1 is 1.48 bits per heavy atom. The van der Waals surface area contributed by atoms with Gasteiger partial charge in [-0.2, -0.15) is 4.31 Å². The first-order chi connectivity index (χ1) is 9.88. The summed E-state index contributed by atoms with van der Waals surface area (Å²) in [5.74, 6) is -1.64. The minimum absolute atomic E-state index is 0.0465. The van der Waals surface area contributed by atoms with E-state index in [1.54, 1.807) is 0 Å². The molecule has 1 N–H and O–H groups in total. The number of Topliss-reactive ketones (excluding diaryl/α,β-unsaturated/α-hetero) is 1. The van der Waals surface area contributed by atoms with Gasteiger partial charge in [0.15, 0.2) is 5.76 Å². The molecule has 1 aliphatic rings. The highest BCUT2D eigenvalue weighted by atomic mass is 32.2. The van der Waals surface area contributed by atoms with Gasteiger partial charge in [-0.25, -0.2) is 8.42 Å². The fourth-order valence-corrected chi connectivity index (χ4v) is 2.77. The van der Waals surface area contributed by atoms with Crippen LogP contribution in [0.15, 0.2) is 22.8 Å². The molecular formula is C12H16N2O6S. The zero-order chi connectivity index (χ0) is 15.5. The monoisotopic (exact) mass is 316 g/mol. The molecule has 0 bridgehead atoms. The van der Waals surface area contributed by atoms with Gasteiger partial charge in [0, 0.05) is 19.6 Å². The van der Waals surface area contributed by atoms with Crippen molar-refractivity contribution in [2.24, 2.45) is 0 Å². The molecule has 8 nitrogen and oxygen atoms in total. The van der Waals surface area contributed by atoms with Gasteiger partial charge in [0.25, 0.3) is 11.7 Å². The Hall–Kier alpha value is -1.71. The quantitative estimate of drug-likeness (QED) is 0.565. The molecule has 116 valence electrons. The lowest BCUT2D eigenvalue weighted by Gasteiger charge is -2.31. The second-order valence-corrected chi connectivity index (χ2v) is 6.61. The number of ketones is 1. The molecule has 0 aliphatic carbocycles. The van der Waals surface area contributed by atoms with E-state index < -0.39 is 27.8 Å². The largest absolute Gasteiger partial charge is 0.461 e. The summed E-state index contributed by atoms with van der Waals surface area (Å²) in [6.07, 6.45) is 1.94. The number of carbonyl (C=O) groups excluding carboxylic acids is 2. The number of furan rings is 1. The van der Waals surface area contributed by atoms with Crippen molar-refractivity contribution in [2.75, 3.05) is 32.5 Å². The van der Waals surface area contributed by atoms with E-state index in [-0.39, 0.29) is 32.0 Å². The fraction of sp³-hybridized carbons (Fsp3) is 0.500. The van der Waals surface area contributed by atoms with Crippen LogP contribution in [0.1, 0.15) is 10.6 Å². The number of hydrogen-bond donors (Lipinski definition) is 1. The Bertz CT molecular complexity index is 610. The number of hydrogen-bond acceptors (Lipinski definition) is 6. The van der Waals surface area contributed by atoms with Gasteiger partial charge in [-0.15, -0.1) is 0 Å².